The molecule has 0 bridgehead atoms. The van der Waals surface area contributed by atoms with Crippen molar-refractivity contribution in [2.75, 3.05) is 7.11 Å². The fraction of sp³-hybridized carbons (Fsp3) is 0.0588. The van der Waals surface area contributed by atoms with Crippen molar-refractivity contribution in [2.24, 2.45) is 0 Å². The summed E-state index contributed by atoms with van der Waals surface area (Å²) in [5.41, 5.74) is -0.484. The van der Waals surface area contributed by atoms with E-state index < -0.39 is 17.0 Å². The van der Waals surface area contributed by atoms with Crippen molar-refractivity contribution in [1.29, 1.82) is 0 Å². The Morgan fingerprint density at radius 3 is 2.43 bits per heavy atom. The molecule has 23 heavy (non-hydrogen) atoms. The van der Waals surface area contributed by atoms with E-state index >= 15 is 0 Å². The van der Waals surface area contributed by atoms with Crippen molar-refractivity contribution in [3.05, 3.63) is 58.3 Å². The van der Waals surface area contributed by atoms with Crippen molar-refractivity contribution in [1.82, 2.24) is 0 Å². The largest absolute Gasteiger partial charge is 0.508 e. The number of hydrogen-bond donors (Lipinski definition) is 2. The van der Waals surface area contributed by atoms with E-state index in [9.17, 15) is 19.8 Å². The zero-order valence-electron chi connectivity index (χ0n) is 12.1. The second-order valence-electron chi connectivity index (χ2n) is 4.85. The molecular weight excluding hydrogens is 300 g/mol. The molecule has 0 radical (unpaired) electrons. The maximum absolute atomic E-state index is 12.5. The minimum absolute atomic E-state index is 0.0235. The van der Waals surface area contributed by atoms with E-state index in [2.05, 4.69) is 0 Å². The number of carboxylic acid groups (broad SMARTS) is 1. The molecule has 3 aromatic rings. The molecule has 116 valence electrons. The number of ether oxygens (including phenoxy) is 1. The highest BCUT2D eigenvalue weighted by Crippen LogP contribution is 2.29. The van der Waals surface area contributed by atoms with Crippen LogP contribution in [0, 0.1) is 0 Å². The molecule has 6 nitrogen and oxygen atoms in total. The van der Waals surface area contributed by atoms with Gasteiger partial charge in [0.05, 0.1) is 12.5 Å². The van der Waals surface area contributed by atoms with Crippen LogP contribution in [-0.2, 0) is 0 Å². The van der Waals surface area contributed by atoms with E-state index in [1.165, 1.54) is 43.5 Å². The molecule has 3 rings (SSSR count). The fourth-order valence-corrected chi connectivity index (χ4v) is 2.31. The van der Waals surface area contributed by atoms with Crippen LogP contribution in [0.15, 0.2) is 51.7 Å². The second kappa shape index (κ2) is 5.49. The molecule has 1 heterocycles. The lowest BCUT2D eigenvalue weighted by molar-refractivity contribution is 0.0694. The van der Waals surface area contributed by atoms with Gasteiger partial charge in [-0.05, 0) is 36.4 Å². The number of carboxylic acids is 1. The van der Waals surface area contributed by atoms with Crippen molar-refractivity contribution < 1.29 is 24.2 Å². The quantitative estimate of drug-likeness (QED) is 0.772. The van der Waals surface area contributed by atoms with Gasteiger partial charge in [-0.1, -0.05) is 0 Å². The van der Waals surface area contributed by atoms with Crippen molar-refractivity contribution >= 4 is 16.9 Å². The molecular formula is C17H12O6. The highest BCUT2D eigenvalue weighted by atomic mass is 16.5. The zero-order valence-corrected chi connectivity index (χ0v) is 12.1. The molecule has 1 aromatic heterocycles. The third-order valence-corrected chi connectivity index (χ3v) is 3.44. The van der Waals surface area contributed by atoms with Gasteiger partial charge in [-0.25, -0.2) is 4.79 Å². The maximum Gasteiger partial charge on any atom is 0.343 e. The van der Waals surface area contributed by atoms with Crippen LogP contribution in [0.1, 0.15) is 10.4 Å². The van der Waals surface area contributed by atoms with Crippen LogP contribution in [0.2, 0.25) is 0 Å². The number of fused-ring (bicyclic) bond motifs is 1. The number of phenolic OH excluding ortho intramolecular Hbond substituents is 1. The van der Waals surface area contributed by atoms with Gasteiger partial charge in [0.1, 0.15) is 17.1 Å². The number of methoxy groups -OCH3 is 1. The zero-order chi connectivity index (χ0) is 16.6. The Morgan fingerprint density at radius 1 is 1.13 bits per heavy atom. The highest BCUT2D eigenvalue weighted by molar-refractivity contribution is 5.98. The van der Waals surface area contributed by atoms with Crippen LogP contribution >= 0.6 is 0 Å². The van der Waals surface area contributed by atoms with Gasteiger partial charge < -0.3 is 19.4 Å². The lowest BCUT2D eigenvalue weighted by Gasteiger charge is -2.08. The predicted molar refractivity (Wildman–Crippen MR) is 83.1 cm³/mol. The van der Waals surface area contributed by atoms with Gasteiger partial charge in [-0.2, -0.15) is 0 Å². The number of hydrogen-bond acceptors (Lipinski definition) is 5. The van der Waals surface area contributed by atoms with Gasteiger partial charge in [0.2, 0.25) is 5.43 Å². The van der Waals surface area contributed by atoms with Gasteiger partial charge in [-0.3, -0.25) is 4.79 Å². The molecule has 6 heteroatoms. The number of phenols is 1. The summed E-state index contributed by atoms with van der Waals surface area (Å²) in [6.07, 6.45) is 0. The molecule has 0 aliphatic rings. The van der Waals surface area contributed by atoms with Crippen molar-refractivity contribution in [3.8, 4) is 22.8 Å². The van der Waals surface area contributed by atoms with Gasteiger partial charge >= 0.3 is 5.97 Å². The summed E-state index contributed by atoms with van der Waals surface area (Å²) in [6, 6.07) is 10.3. The van der Waals surface area contributed by atoms with Crippen LogP contribution in [0.4, 0.5) is 0 Å². The first kappa shape index (κ1) is 14.6. The lowest BCUT2D eigenvalue weighted by atomic mass is 10.0. The minimum atomic E-state index is -1.38. The van der Waals surface area contributed by atoms with Gasteiger partial charge in [0, 0.05) is 11.6 Å². The van der Waals surface area contributed by atoms with E-state index in [1.54, 1.807) is 6.07 Å². The first-order valence-electron chi connectivity index (χ1n) is 6.69. The summed E-state index contributed by atoms with van der Waals surface area (Å²) in [4.78, 5) is 24.0. The average molecular weight is 312 g/mol. The predicted octanol–water partition coefficient (Wildman–Crippen LogP) is 2.87. The van der Waals surface area contributed by atoms with Crippen LogP contribution in [0.3, 0.4) is 0 Å². The van der Waals surface area contributed by atoms with Gasteiger partial charge in [0.15, 0.2) is 11.3 Å². The Bertz CT molecular complexity index is 953. The lowest BCUT2D eigenvalue weighted by Crippen LogP contribution is -2.16. The molecule has 0 amide bonds. The highest BCUT2D eigenvalue weighted by Gasteiger charge is 2.22. The summed E-state index contributed by atoms with van der Waals surface area (Å²) in [5.74, 6) is -0.932. The van der Waals surface area contributed by atoms with Crippen LogP contribution in [0.5, 0.6) is 11.5 Å². The molecule has 0 saturated heterocycles. The normalized spacial score (nSPS) is 10.7. The van der Waals surface area contributed by atoms with Crippen LogP contribution in [0.25, 0.3) is 22.3 Å². The van der Waals surface area contributed by atoms with E-state index in [1.807, 2.05) is 0 Å². The monoisotopic (exact) mass is 312 g/mol. The Balaban J connectivity index is 2.38. The summed E-state index contributed by atoms with van der Waals surface area (Å²) in [7, 11) is 1.48. The third kappa shape index (κ3) is 2.50. The number of rotatable bonds is 3. The van der Waals surface area contributed by atoms with E-state index in [4.69, 9.17) is 9.15 Å². The topological polar surface area (TPSA) is 97.0 Å². The molecule has 0 fully saturated rings. The SMILES string of the molecule is COc1ccc2c(=O)c(C(=O)O)c(-c3ccc(O)cc3)oc2c1. The van der Waals surface area contributed by atoms with Crippen molar-refractivity contribution in [3.63, 3.8) is 0 Å². The first-order chi connectivity index (χ1) is 11.0. The van der Waals surface area contributed by atoms with Crippen LogP contribution < -0.4 is 10.2 Å². The number of benzene rings is 2. The van der Waals surface area contributed by atoms with Gasteiger partial charge in [0.25, 0.3) is 0 Å². The molecule has 0 saturated carbocycles. The first-order valence-corrected chi connectivity index (χ1v) is 6.69. The third-order valence-electron chi connectivity index (χ3n) is 3.44. The van der Waals surface area contributed by atoms with Crippen molar-refractivity contribution in [2.45, 2.75) is 0 Å². The molecule has 0 aliphatic heterocycles. The number of aromatic carboxylic acids is 1. The van der Waals surface area contributed by atoms with Gasteiger partial charge in [-0.15, -0.1) is 0 Å². The van der Waals surface area contributed by atoms with Crippen LogP contribution in [-0.4, -0.2) is 23.3 Å². The Hall–Kier alpha value is -3.28. The Labute approximate surface area is 130 Å². The van der Waals surface area contributed by atoms with E-state index in [0.29, 0.717) is 11.3 Å². The fourth-order valence-electron chi connectivity index (χ4n) is 2.31. The molecule has 0 unspecified atom stereocenters. The summed E-state index contributed by atoms with van der Waals surface area (Å²) >= 11 is 0. The number of carbonyl (C=O) groups is 1. The van der Waals surface area contributed by atoms with E-state index in [0.717, 1.165) is 0 Å². The maximum atomic E-state index is 12.5. The summed E-state index contributed by atoms with van der Waals surface area (Å²) in [6.45, 7) is 0. The Morgan fingerprint density at radius 2 is 1.83 bits per heavy atom. The molecule has 2 aromatic carbocycles. The standard InChI is InChI=1S/C17H12O6/c1-22-11-6-7-12-13(8-11)23-16(14(15(12)19)17(20)21)9-2-4-10(18)5-3-9/h2-8,18H,1H3,(H,20,21). The van der Waals surface area contributed by atoms with E-state index in [-0.39, 0.29) is 22.5 Å². The molecule has 0 aliphatic carbocycles. The molecule has 0 atom stereocenters. The minimum Gasteiger partial charge on any atom is -0.508 e. The second-order valence-corrected chi connectivity index (χ2v) is 4.85. The smallest absolute Gasteiger partial charge is 0.343 e. The molecule has 0 spiro atoms. The Kier molecular flexibility index (Phi) is 3.50. The molecule has 2 N–H and O–H groups in total. The summed E-state index contributed by atoms with van der Waals surface area (Å²) < 4.78 is 10.8. The average Bonchev–Trinajstić information content (AvgIpc) is 2.54. The number of aromatic hydroxyl groups is 1. The summed E-state index contributed by atoms with van der Waals surface area (Å²) in [5, 5.41) is 18.9.